The first kappa shape index (κ1) is 13.2. The Labute approximate surface area is 126 Å². The summed E-state index contributed by atoms with van der Waals surface area (Å²) in [5.74, 6) is 0.0340. The SMILES string of the molecule is O=C(Cc1ccccc1)c1c[nH]c2cc(Cl)cc(Cl)c12. The Kier molecular flexibility index (Phi) is 3.51. The first-order valence-corrected chi connectivity index (χ1v) is 6.94. The number of ketones is 1. The van der Waals surface area contributed by atoms with E-state index in [1.165, 1.54) is 0 Å². The van der Waals surface area contributed by atoms with E-state index in [9.17, 15) is 4.79 Å². The minimum atomic E-state index is 0.0340. The van der Waals surface area contributed by atoms with Gasteiger partial charge >= 0.3 is 0 Å². The van der Waals surface area contributed by atoms with Crippen molar-refractivity contribution in [2.75, 3.05) is 0 Å². The molecule has 2 nitrogen and oxygen atoms in total. The average Bonchev–Trinajstić information content (AvgIpc) is 2.84. The summed E-state index contributed by atoms with van der Waals surface area (Å²) in [7, 11) is 0. The Bertz CT molecular complexity index is 778. The molecule has 0 atom stereocenters. The van der Waals surface area contributed by atoms with Gasteiger partial charge in [0, 0.05) is 34.1 Å². The first-order chi connectivity index (χ1) is 9.65. The second kappa shape index (κ2) is 5.31. The summed E-state index contributed by atoms with van der Waals surface area (Å²) >= 11 is 12.2. The molecule has 0 spiro atoms. The van der Waals surface area contributed by atoms with Crippen LogP contribution in [0.15, 0.2) is 48.7 Å². The number of fused-ring (bicyclic) bond motifs is 1. The molecule has 0 saturated carbocycles. The third-order valence-corrected chi connectivity index (χ3v) is 3.72. The van der Waals surface area contributed by atoms with Crippen molar-refractivity contribution in [2.24, 2.45) is 0 Å². The van der Waals surface area contributed by atoms with Crippen molar-refractivity contribution in [1.29, 1.82) is 0 Å². The van der Waals surface area contributed by atoms with Crippen molar-refractivity contribution >= 4 is 39.9 Å². The Morgan fingerprint density at radius 2 is 1.85 bits per heavy atom. The zero-order valence-electron chi connectivity index (χ0n) is 10.5. The molecule has 0 radical (unpaired) electrons. The van der Waals surface area contributed by atoms with Crippen LogP contribution in [-0.2, 0) is 6.42 Å². The lowest BCUT2D eigenvalue weighted by molar-refractivity contribution is 0.0994. The average molecular weight is 304 g/mol. The fourth-order valence-electron chi connectivity index (χ4n) is 2.28. The first-order valence-electron chi connectivity index (χ1n) is 6.18. The third-order valence-electron chi connectivity index (χ3n) is 3.20. The molecule has 100 valence electrons. The number of Topliss-reactive ketones (excluding diaryl/α,β-unsaturated/α-hetero) is 1. The lowest BCUT2D eigenvalue weighted by Crippen LogP contribution is -2.02. The molecule has 0 fully saturated rings. The van der Waals surface area contributed by atoms with Gasteiger partial charge in [-0.05, 0) is 17.7 Å². The Hall–Kier alpha value is -1.77. The van der Waals surface area contributed by atoms with Crippen molar-refractivity contribution in [3.63, 3.8) is 0 Å². The van der Waals surface area contributed by atoms with Crippen molar-refractivity contribution in [1.82, 2.24) is 4.98 Å². The fraction of sp³-hybridized carbons (Fsp3) is 0.0625. The second-order valence-electron chi connectivity index (χ2n) is 4.60. The van der Waals surface area contributed by atoms with Crippen molar-refractivity contribution in [3.8, 4) is 0 Å². The van der Waals surface area contributed by atoms with Gasteiger partial charge in [0.25, 0.3) is 0 Å². The Balaban J connectivity index is 2.00. The summed E-state index contributed by atoms with van der Waals surface area (Å²) < 4.78 is 0. The van der Waals surface area contributed by atoms with Crippen LogP contribution in [0.2, 0.25) is 10.0 Å². The number of H-pyrrole nitrogens is 1. The number of nitrogens with one attached hydrogen (secondary N) is 1. The molecule has 0 aliphatic heterocycles. The van der Waals surface area contributed by atoms with Crippen LogP contribution in [0.3, 0.4) is 0 Å². The number of aromatic nitrogens is 1. The maximum Gasteiger partial charge on any atom is 0.169 e. The maximum absolute atomic E-state index is 12.4. The van der Waals surface area contributed by atoms with Crippen molar-refractivity contribution in [2.45, 2.75) is 6.42 Å². The molecule has 1 aromatic heterocycles. The number of aromatic amines is 1. The quantitative estimate of drug-likeness (QED) is 0.686. The number of benzene rings is 2. The minimum Gasteiger partial charge on any atom is -0.360 e. The number of hydrogen-bond donors (Lipinski definition) is 1. The predicted molar refractivity (Wildman–Crippen MR) is 82.8 cm³/mol. The van der Waals surface area contributed by atoms with Crippen LogP contribution in [0.1, 0.15) is 15.9 Å². The molecule has 0 unspecified atom stereocenters. The van der Waals surface area contributed by atoms with E-state index >= 15 is 0 Å². The summed E-state index contributed by atoms with van der Waals surface area (Å²) in [6.45, 7) is 0. The van der Waals surface area contributed by atoms with E-state index in [1.54, 1.807) is 18.3 Å². The van der Waals surface area contributed by atoms with Gasteiger partial charge in [0.1, 0.15) is 0 Å². The summed E-state index contributed by atoms with van der Waals surface area (Å²) in [4.78, 5) is 15.5. The molecule has 3 aromatic rings. The van der Waals surface area contributed by atoms with Crippen LogP contribution < -0.4 is 0 Å². The van der Waals surface area contributed by atoms with Crippen molar-refractivity contribution < 1.29 is 4.79 Å². The third kappa shape index (κ3) is 2.45. The second-order valence-corrected chi connectivity index (χ2v) is 5.44. The van der Waals surface area contributed by atoms with Crippen LogP contribution >= 0.6 is 23.2 Å². The van der Waals surface area contributed by atoms with Gasteiger partial charge in [-0.25, -0.2) is 0 Å². The van der Waals surface area contributed by atoms with Crippen LogP contribution in [0.25, 0.3) is 10.9 Å². The van der Waals surface area contributed by atoms with E-state index in [0.29, 0.717) is 22.0 Å². The molecule has 1 heterocycles. The standard InChI is InChI=1S/C16H11Cl2NO/c17-11-7-13(18)16-12(9-19-14(16)8-11)15(20)6-10-4-2-1-3-5-10/h1-5,7-9,19H,6H2. The molecule has 4 heteroatoms. The lowest BCUT2D eigenvalue weighted by Gasteiger charge is -2.02. The zero-order chi connectivity index (χ0) is 14.1. The highest BCUT2D eigenvalue weighted by molar-refractivity contribution is 6.39. The minimum absolute atomic E-state index is 0.0340. The number of hydrogen-bond acceptors (Lipinski definition) is 1. The van der Waals surface area contributed by atoms with Crippen LogP contribution in [0.5, 0.6) is 0 Å². The Morgan fingerprint density at radius 3 is 2.60 bits per heavy atom. The number of carbonyl (C=O) groups excluding carboxylic acids is 1. The molecule has 2 aromatic carbocycles. The van der Waals surface area contributed by atoms with Gasteiger partial charge in [0.15, 0.2) is 5.78 Å². The van der Waals surface area contributed by atoms with E-state index in [1.807, 2.05) is 30.3 Å². The maximum atomic E-state index is 12.4. The highest BCUT2D eigenvalue weighted by atomic mass is 35.5. The van der Waals surface area contributed by atoms with E-state index in [4.69, 9.17) is 23.2 Å². The molecule has 3 rings (SSSR count). The summed E-state index contributed by atoms with van der Waals surface area (Å²) in [6.07, 6.45) is 2.05. The highest BCUT2D eigenvalue weighted by Crippen LogP contribution is 2.30. The topological polar surface area (TPSA) is 32.9 Å². The summed E-state index contributed by atoms with van der Waals surface area (Å²) in [5.41, 5.74) is 2.36. The van der Waals surface area contributed by atoms with Gasteiger partial charge in [-0.15, -0.1) is 0 Å². The Morgan fingerprint density at radius 1 is 1.10 bits per heavy atom. The molecular formula is C16H11Cl2NO. The van der Waals surface area contributed by atoms with Crippen LogP contribution in [-0.4, -0.2) is 10.8 Å². The summed E-state index contributed by atoms with van der Waals surface area (Å²) in [6, 6.07) is 13.1. The molecule has 0 amide bonds. The number of halogens is 2. The van der Waals surface area contributed by atoms with Gasteiger partial charge in [-0.3, -0.25) is 4.79 Å². The van der Waals surface area contributed by atoms with E-state index < -0.39 is 0 Å². The van der Waals surface area contributed by atoms with E-state index in [2.05, 4.69) is 4.98 Å². The molecule has 0 aliphatic carbocycles. The van der Waals surface area contributed by atoms with Crippen molar-refractivity contribution in [3.05, 3.63) is 69.8 Å². The highest BCUT2D eigenvalue weighted by Gasteiger charge is 2.15. The lowest BCUT2D eigenvalue weighted by atomic mass is 10.0. The van der Waals surface area contributed by atoms with E-state index in [0.717, 1.165) is 16.5 Å². The molecule has 0 aliphatic rings. The summed E-state index contributed by atoms with van der Waals surface area (Å²) in [5, 5.41) is 1.77. The van der Waals surface area contributed by atoms with E-state index in [-0.39, 0.29) is 5.78 Å². The molecule has 20 heavy (non-hydrogen) atoms. The van der Waals surface area contributed by atoms with Gasteiger partial charge in [-0.2, -0.15) is 0 Å². The fourth-order valence-corrected chi connectivity index (χ4v) is 2.87. The zero-order valence-corrected chi connectivity index (χ0v) is 12.0. The van der Waals surface area contributed by atoms with Gasteiger partial charge < -0.3 is 4.98 Å². The predicted octanol–water partition coefficient (Wildman–Crippen LogP) is 4.90. The normalized spacial score (nSPS) is 10.9. The smallest absolute Gasteiger partial charge is 0.169 e. The van der Waals surface area contributed by atoms with Crippen LogP contribution in [0, 0.1) is 0 Å². The number of rotatable bonds is 3. The molecular weight excluding hydrogens is 293 g/mol. The monoisotopic (exact) mass is 303 g/mol. The molecule has 1 N–H and O–H groups in total. The largest absolute Gasteiger partial charge is 0.360 e. The van der Waals surface area contributed by atoms with Gasteiger partial charge in [0.2, 0.25) is 0 Å². The van der Waals surface area contributed by atoms with Gasteiger partial charge in [-0.1, -0.05) is 53.5 Å². The molecule has 0 bridgehead atoms. The molecule has 0 saturated heterocycles. The number of carbonyl (C=O) groups is 1. The van der Waals surface area contributed by atoms with Gasteiger partial charge in [0.05, 0.1) is 5.02 Å². The van der Waals surface area contributed by atoms with Crippen LogP contribution in [0.4, 0.5) is 0 Å².